The number of amides is 1. The van der Waals surface area contributed by atoms with Gasteiger partial charge in [0.05, 0.1) is 18.9 Å². The Morgan fingerprint density at radius 3 is 2.60 bits per heavy atom. The van der Waals surface area contributed by atoms with Crippen molar-refractivity contribution in [1.82, 2.24) is 14.8 Å². The van der Waals surface area contributed by atoms with Gasteiger partial charge in [-0.1, -0.05) is 6.07 Å². The summed E-state index contributed by atoms with van der Waals surface area (Å²) in [4.78, 5) is 17.2. The molecule has 3 aromatic carbocycles. The molecule has 4 aromatic rings. The lowest BCUT2D eigenvalue weighted by Crippen LogP contribution is -2.12. The van der Waals surface area contributed by atoms with Gasteiger partial charge in [-0.05, 0) is 74.5 Å². The van der Waals surface area contributed by atoms with Crippen LogP contribution < -0.4 is 24.3 Å². The molecule has 1 amide bonds. The summed E-state index contributed by atoms with van der Waals surface area (Å²) in [6.07, 6.45) is -0.0790. The normalized spacial score (nSPS) is 12.0. The van der Waals surface area contributed by atoms with Crippen LogP contribution in [0, 0.1) is 0 Å². The average molecular weight is 473 g/mol. The molecule has 0 saturated carbocycles. The molecule has 0 fully saturated rings. The third-order valence-electron chi connectivity index (χ3n) is 5.26. The van der Waals surface area contributed by atoms with Crippen molar-refractivity contribution in [1.29, 1.82) is 0 Å². The number of hydrogen-bond acceptors (Lipinski definition) is 7. The Labute approximate surface area is 202 Å². The topological polar surface area (TPSA) is 96.7 Å². The summed E-state index contributed by atoms with van der Waals surface area (Å²) < 4.78 is 23.6. The Hall–Kier alpha value is -4.53. The highest BCUT2D eigenvalue weighted by Crippen LogP contribution is 2.36. The fourth-order valence-corrected chi connectivity index (χ4v) is 3.61. The fraction of sp³-hybridized carbons (Fsp3) is 0.192. The van der Waals surface area contributed by atoms with E-state index in [4.69, 9.17) is 18.9 Å². The van der Waals surface area contributed by atoms with E-state index in [0.717, 1.165) is 11.3 Å². The van der Waals surface area contributed by atoms with Gasteiger partial charge in [-0.3, -0.25) is 4.79 Å². The number of ether oxygens (including phenoxy) is 4. The minimum Gasteiger partial charge on any atom is -0.497 e. The van der Waals surface area contributed by atoms with Crippen LogP contribution in [0.2, 0.25) is 0 Å². The minimum absolute atomic E-state index is 0.0790. The molecule has 9 nitrogen and oxygen atoms in total. The zero-order valence-corrected chi connectivity index (χ0v) is 19.5. The number of benzene rings is 3. The van der Waals surface area contributed by atoms with E-state index in [1.165, 1.54) is 0 Å². The standard InChI is InChI=1S/C26H24N4O5/c1-16(2)35-26-28-24(17-7-12-22-23(14-17)34-15-33-22)30(29-26)20-10-8-19(9-11-20)27-25(31)18-5-4-6-21(13-18)32-3/h4-14,16H,15H2,1-3H3,(H,27,31). The van der Waals surface area contributed by atoms with Crippen LogP contribution in [0.15, 0.2) is 66.7 Å². The number of aromatic nitrogens is 3. The van der Waals surface area contributed by atoms with Crippen molar-refractivity contribution in [3.8, 4) is 40.3 Å². The molecule has 5 rings (SSSR count). The van der Waals surface area contributed by atoms with Crippen LogP contribution in [-0.2, 0) is 0 Å². The van der Waals surface area contributed by atoms with E-state index in [1.54, 1.807) is 36.1 Å². The maximum atomic E-state index is 12.6. The molecule has 0 spiro atoms. The first-order chi connectivity index (χ1) is 17.0. The van der Waals surface area contributed by atoms with Crippen molar-refractivity contribution < 1.29 is 23.7 Å². The van der Waals surface area contributed by atoms with Gasteiger partial charge in [0, 0.05) is 16.8 Å². The third kappa shape index (κ3) is 4.74. The van der Waals surface area contributed by atoms with Gasteiger partial charge in [-0.25, -0.2) is 4.68 Å². The largest absolute Gasteiger partial charge is 0.497 e. The highest BCUT2D eigenvalue weighted by Gasteiger charge is 2.20. The fourth-order valence-electron chi connectivity index (χ4n) is 3.61. The minimum atomic E-state index is -0.230. The second-order valence-corrected chi connectivity index (χ2v) is 8.10. The van der Waals surface area contributed by atoms with Crippen molar-refractivity contribution in [3.05, 3.63) is 72.3 Å². The molecule has 0 aliphatic carbocycles. The number of rotatable bonds is 7. The first kappa shape index (κ1) is 22.3. The van der Waals surface area contributed by atoms with Gasteiger partial charge < -0.3 is 24.3 Å². The maximum absolute atomic E-state index is 12.6. The van der Waals surface area contributed by atoms with Crippen LogP contribution in [-0.4, -0.2) is 40.7 Å². The average Bonchev–Trinajstić information content (AvgIpc) is 3.50. The number of nitrogens with one attached hydrogen (secondary N) is 1. The third-order valence-corrected chi connectivity index (χ3v) is 5.26. The van der Waals surface area contributed by atoms with Crippen LogP contribution in [0.5, 0.6) is 23.3 Å². The van der Waals surface area contributed by atoms with Crippen molar-refractivity contribution >= 4 is 11.6 Å². The van der Waals surface area contributed by atoms with E-state index >= 15 is 0 Å². The zero-order chi connectivity index (χ0) is 24.4. The Bertz CT molecular complexity index is 1360. The number of nitrogens with zero attached hydrogens (tertiary/aromatic N) is 3. The smallest absolute Gasteiger partial charge is 0.336 e. The number of methoxy groups -OCH3 is 1. The molecule has 178 valence electrons. The monoisotopic (exact) mass is 472 g/mol. The summed E-state index contributed by atoms with van der Waals surface area (Å²) in [5.41, 5.74) is 2.70. The molecule has 0 unspecified atom stereocenters. The summed E-state index contributed by atoms with van der Waals surface area (Å²) in [6, 6.07) is 20.2. The number of fused-ring (bicyclic) bond motifs is 1. The van der Waals surface area contributed by atoms with Crippen molar-refractivity contribution in [3.63, 3.8) is 0 Å². The lowest BCUT2D eigenvalue weighted by molar-refractivity contribution is 0.102. The Morgan fingerprint density at radius 1 is 1.03 bits per heavy atom. The van der Waals surface area contributed by atoms with Crippen molar-refractivity contribution in [2.45, 2.75) is 20.0 Å². The van der Waals surface area contributed by atoms with E-state index in [0.29, 0.717) is 34.3 Å². The number of anilines is 1. The summed E-state index contributed by atoms with van der Waals surface area (Å²) in [7, 11) is 1.56. The molecule has 1 N–H and O–H groups in total. The Morgan fingerprint density at radius 2 is 1.83 bits per heavy atom. The van der Waals surface area contributed by atoms with Crippen LogP contribution in [0.1, 0.15) is 24.2 Å². The predicted molar refractivity (Wildman–Crippen MR) is 130 cm³/mol. The SMILES string of the molecule is COc1cccc(C(=O)Nc2ccc(-n3nc(OC(C)C)nc3-c3ccc4c(c3)OCO4)cc2)c1. The molecule has 0 bridgehead atoms. The summed E-state index contributed by atoms with van der Waals surface area (Å²) in [6.45, 7) is 4.03. The number of carbonyl (C=O) groups is 1. The summed E-state index contributed by atoms with van der Waals surface area (Å²) in [5, 5.41) is 7.46. The molecular formula is C26H24N4O5. The van der Waals surface area contributed by atoms with Gasteiger partial charge in [0.1, 0.15) is 5.75 Å². The second-order valence-electron chi connectivity index (χ2n) is 8.10. The van der Waals surface area contributed by atoms with Crippen LogP contribution >= 0.6 is 0 Å². The number of carbonyl (C=O) groups excluding carboxylic acids is 1. The van der Waals surface area contributed by atoms with Gasteiger partial charge >= 0.3 is 6.01 Å². The molecule has 1 aliphatic rings. The Balaban J connectivity index is 1.43. The van der Waals surface area contributed by atoms with Crippen LogP contribution in [0.25, 0.3) is 17.1 Å². The first-order valence-corrected chi connectivity index (χ1v) is 11.1. The number of hydrogen-bond donors (Lipinski definition) is 1. The van der Waals surface area contributed by atoms with E-state index in [9.17, 15) is 4.79 Å². The van der Waals surface area contributed by atoms with E-state index < -0.39 is 0 Å². The van der Waals surface area contributed by atoms with E-state index in [1.807, 2.05) is 56.3 Å². The molecular weight excluding hydrogens is 448 g/mol. The van der Waals surface area contributed by atoms with Gasteiger partial charge in [0.25, 0.3) is 5.91 Å². The van der Waals surface area contributed by atoms with Gasteiger partial charge in [0.2, 0.25) is 6.79 Å². The van der Waals surface area contributed by atoms with Gasteiger partial charge in [-0.2, -0.15) is 4.98 Å². The van der Waals surface area contributed by atoms with E-state index in [2.05, 4.69) is 15.4 Å². The molecule has 0 radical (unpaired) electrons. The van der Waals surface area contributed by atoms with Crippen molar-refractivity contribution in [2.75, 3.05) is 19.2 Å². The molecule has 0 saturated heterocycles. The Kier molecular flexibility index (Phi) is 5.97. The molecule has 2 heterocycles. The lowest BCUT2D eigenvalue weighted by Gasteiger charge is -2.09. The quantitative estimate of drug-likeness (QED) is 0.416. The molecule has 1 aliphatic heterocycles. The second kappa shape index (κ2) is 9.38. The first-order valence-electron chi connectivity index (χ1n) is 11.1. The molecule has 35 heavy (non-hydrogen) atoms. The maximum Gasteiger partial charge on any atom is 0.336 e. The highest BCUT2D eigenvalue weighted by atomic mass is 16.7. The van der Waals surface area contributed by atoms with E-state index in [-0.39, 0.29) is 24.8 Å². The van der Waals surface area contributed by atoms with Crippen LogP contribution in [0.3, 0.4) is 0 Å². The lowest BCUT2D eigenvalue weighted by atomic mass is 10.1. The summed E-state index contributed by atoms with van der Waals surface area (Å²) in [5.74, 6) is 2.32. The predicted octanol–water partition coefficient (Wildman–Crippen LogP) is 4.71. The van der Waals surface area contributed by atoms with Crippen molar-refractivity contribution in [2.24, 2.45) is 0 Å². The highest BCUT2D eigenvalue weighted by molar-refractivity contribution is 6.04. The molecule has 0 atom stereocenters. The molecule has 9 heteroatoms. The zero-order valence-electron chi connectivity index (χ0n) is 19.5. The van der Waals surface area contributed by atoms with Gasteiger partial charge in [0.15, 0.2) is 17.3 Å². The summed E-state index contributed by atoms with van der Waals surface area (Å²) >= 11 is 0. The molecule has 1 aromatic heterocycles. The van der Waals surface area contributed by atoms with Crippen LogP contribution in [0.4, 0.5) is 5.69 Å². The van der Waals surface area contributed by atoms with Gasteiger partial charge in [-0.15, -0.1) is 5.10 Å².